The predicted octanol–water partition coefficient (Wildman–Crippen LogP) is 5.87. The van der Waals surface area contributed by atoms with Crippen LogP contribution in [0.3, 0.4) is 0 Å². The number of Topliss-reactive ketones (excluding diaryl/α,β-unsaturated/α-hetero) is 1. The summed E-state index contributed by atoms with van der Waals surface area (Å²) in [6.07, 6.45) is 1.58. The van der Waals surface area contributed by atoms with Gasteiger partial charge in [0.1, 0.15) is 11.5 Å². The summed E-state index contributed by atoms with van der Waals surface area (Å²) in [6.45, 7) is -0.402. The van der Waals surface area contributed by atoms with Crippen molar-refractivity contribution < 1.29 is 28.3 Å². The van der Waals surface area contributed by atoms with Crippen LogP contribution in [0.5, 0.6) is 5.75 Å². The Hall–Kier alpha value is -4.30. The molecule has 188 valence electrons. The van der Waals surface area contributed by atoms with Crippen LogP contribution in [-0.4, -0.2) is 37.1 Å². The lowest BCUT2D eigenvalue weighted by atomic mass is 10.0. The van der Waals surface area contributed by atoms with Gasteiger partial charge in [0.05, 0.1) is 36.1 Å². The van der Waals surface area contributed by atoms with Crippen LogP contribution in [0, 0.1) is 0 Å². The first kappa shape index (κ1) is 25.8. The van der Waals surface area contributed by atoms with Crippen LogP contribution in [0.25, 0.3) is 11.1 Å². The Morgan fingerprint density at radius 2 is 1.59 bits per heavy atom. The molecule has 1 heterocycles. The third kappa shape index (κ3) is 7.11. The molecular formula is C29H25NO6S. The fraction of sp³-hybridized carbons (Fsp3) is 0.138. The average molecular weight is 516 g/mol. The number of methoxy groups -OCH3 is 1. The number of nitrogens with one attached hydrogen (secondary N) is 1. The average Bonchev–Trinajstić information content (AvgIpc) is 3.45. The number of carbonyl (C=O) groups excluding carboxylic acids is 3. The van der Waals surface area contributed by atoms with E-state index in [9.17, 15) is 14.4 Å². The van der Waals surface area contributed by atoms with Crippen LogP contribution in [0.15, 0.2) is 95.6 Å². The van der Waals surface area contributed by atoms with Crippen LogP contribution < -0.4 is 10.1 Å². The number of benzene rings is 3. The third-order valence-corrected chi connectivity index (χ3v) is 6.37. The maximum Gasteiger partial charge on any atom is 0.338 e. The van der Waals surface area contributed by atoms with Gasteiger partial charge < -0.3 is 19.2 Å². The second-order valence-corrected chi connectivity index (χ2v) is 8.96. The van der Waals surface area contributed by atoms with E-state index in [0.29, 0.717) is 22.8 Å². The number of ether oxygens (including phenoxy) is 2. The summed E-state index contributed by atoms with van der Waals surface area (Å²) >= 11 is 1.40. The van der Waals surface area contributed by atoms with Crippen LogP contribution in [0.1, 0.15) is 26.5 Å². The maximum absolute atomic E-state index is 12.6. The van der Waals surface area contributed by atoms with E-state index in [1.165, 1.54) is 31.0 Å². The van der Waals surface area contributed by atoms with E-state index in [4.69, 9.17) is 13.9 Å². The molecule has 0 atom stereocenters. The van der Waals surface area contributed by atoms with Gasteiger partial charge in [-0.2, -0.15) is 0 Å². The number of rotatable bonds is 11. The first-order chi connectivity index (χ1) is 18.0. The second-order valence-electron chi connectivity index (χ2n) is 7.98. The first-order valence-electron chi connectivity index (χ1n) is 11.5. The highest BCUT2D eigenvalue weighted by Gasteiger charge is 2.16. The molecule has 0 saturated carbocycles. The summed E-state index contributed by atoms with van der Waals surface area (Å²) in [4.78, 5) is 37.6. The maximum atomic E-state index is 12.6. The molecule has 1 aromatic heterocycles. The van der Waals surface area contributed by atoms with Gasteiger partial charge in [-0.15, -0.1) is 11.8 Å². The van der Waals surface area contributed by atoms with Crippen molar-refractivity contribution in [3.63, 3.8) is 0 Å². The summed E-state index contributed by atoms with van der Waals surface area (Å²) < 4.78 is 15.8. The summed E-state index contributed by atoms with van der Waals surface area (Å²) in [6, 6.07) is 25.1. The van der Waals surface area contributed by atoms with E-state index < -0.39 is 12.6 Å². The van der Waals surface area contributed by atoms with Crippen molar-refractivity contribution in [3.8, 4) is 16.9 Å². The van der Waals surface area contributed by atoms with Gasteiger partial charge >= 0.3 is 5.97 Å². The molecule has 4 rings (SSSR count). The fourth-order valence-corrected chi connectivity index (χ4v) is 4.26. The van der Waals surface area contributed by atoms with Gasteiger partial charge in [0.2, 0.25) is 5.91 Å². The quantitative estimate of drug-likeness (QED) is 0.197. The van der Waals surface area contributed by atoms with Crippen molar-refractivity contribution in [2.45, 2.75) is 5.75 Å². The Morgan fingerprint density at radius 1 is 0.865 bits per heavy atom. The minimum atomic E-state index is -0.681. The molecule has 0 aliphatic heterocycles. The lowest BCUT2D eigenvalue weighted by molar-refractivity contribution is -0.113. The van der Waals surface area contributed by atoms with Gasteiger partial charge in [-0.05, 0) is 41.5 Å². The smallest absolute Gasteiger partial charge is 0.338 e. The molecule has 37 heavy (non-hydrogen) atoms. The Bertz CT molecular complexity index is 1350. The first-order valence-corrected chi connectivity index (χ1v) is 12.6. The molecular weight excluding hydrogens is 490 g/mol. The van der Waals surface area contributed by atoms with Crippen molar-refractivity contribution in [1.29, 1.82) is 0 Å². The van der Waals surface area contributed by atoms with Crippen LogP contribution in [-0.2, 0) is 15.3 Å². The monoisotopic (exact) mass is 515 g/mol. The molecule has 0 aliphatic rings. The Balaban J connectivity index is 1.32. The minimum absolute atomic E-state index is 0.187. The number of furan rings is 1. The standard InChI is InChI=1S/C29H25NO6S/c1-34-27-14-13-23(16-25(27)30-28(32)19-37-18-24-8-5-15-35-24)29(33)36-17-26(31)22-11-9-21(10-12-22)20-6-3-2-4-7-20/h2-16H,17-19H2,1H3,(H,30,32). The van der Waals surface area contributed by atoms with Crippen LogP contribution in [0.4, 0.5) is 5.69 Å². The van der Waals surface area contributed by atoms with Crippen molar-refractivity contribution in [3.05, 3.63) is 108 Å². The summed E-state index contributed by atoms with van der Waals surface area (Å²) in [7, 11) is 1.47. The van der Waals surface area contributed by atoms with Gasteiger partial charge in [0.25, 0.3) is 0 Å². The van der Waals surface area contributed by atoms with E-state index >= 15 is 0 Å². The summed E-state index contributed by atoms with van der Waals surface area (Å²) in [5.41, 5.74) is 3.00. The molecule has 0 aliphatic carbocycles. The van der Waals surface area contributed by atoms with Crippen LogP contribution >= 0.6 is 11.8 Å². The molecule has 1 amide bonds. The third-order valence-electron chi connectivity index (χ3n) is 5.42. The zero-order valence-corrected chi connectivity index (χ0v) is 21.0. The molecule has 0 radical (unpaired) electrons. The SMILES string of the molecule is COc1ccc(C(=O)OCC(=O)c2ccc(-c3ccccc3)cc2)cc1NC(=O)CSCc1ccco1. The zero-order valence-electron chi connectivity index (χ0n) is 20.1. The van der Waals surface area contributed by atoms with E-state index in [1.54, 1.807) is 30.5 Å². The minimum Gasteiger partial charge on any atom is -0.495 e. The van der Waals surface area contributed by atoms with Gasteiger partial charge in [0.15, 0.2) is 12.4 Å². The number of esters is 1. The predicted molar refractivity (Wildman–Crippen MR) is 143 cm³/mol. The highest BCUT2D eigenvalue weighted by atomic mass is 32.2. The van der Waals surface area contributed by atoms with Crippen LogP contribution in [0.2, 0.25) is 0 Å². The van der Waals surface area contributed by atoms with Crippen molar-refractivity contribution in [2.24, 2.45) is 0 Å². The van der Waals surface area contributed by atoms with Gasteiger partial charge in [-0.1, -0.05) is 54.6 Å². The van der Waals surface area contributed by atoms with Gasteiger partial charge in [0, 0.05) is 5.56 Å². The zero-order chi connectivity index (χ0) is 26.0. The van der Waals surface area contributed by atoms with E-state index in [0.717, 1.165) is 16.9 Å². The van der Waals surface area contributed by atoms with Gasteiger partial charge in [-0.3, -0.25) is 9.59 Å². The molecule has 0 bridgehead atoms. The number of thioether (sulfide) groups is 1. The Morgan fingerprint density at radius 3 is 2.30 bits per heavy atom. The normalized spacial score (nSPS) is 10.5. The van der Waals surface area contributed by atoms with E-state index in [1.807, 2.05) is 48.5 Å². The molecule has 1 N–H and O–H groups in total. The molecule has 4 aromatic rings. The molecule has 0 spiro atoms. The molecule has 3 aromatic carbocycles. The van der Waals surface area contributed by atoms with Crippen molar-refractivity contribution in [2.75, 3.05) is 24.8 Å². The number of carbonyl (C=O) groups is 3. The number of amides is 1. The lowest BCUT2D eigenvalue weighted by Crippen LogP contribution is -2.17. The molecule has 0 saturated heterocycles. The fourth-order valence-electron chi connectivity index (χ4n) is 3.53. The number of hydrogen-bond acceptors (Lipinski definition) is 7. The topological polar surface area (TPSA) is 94.8 Å². The number of hydrogen-bond donors (Lipinski definition) is 1. The summed E-state index contributed by atoms with van der Waals surface area (Å²) in [5, 5.41) is 2.76. The number of anilines is 1. The highest BCUT2D eigenvalue weighted by molar-refractivity contribution is 7.99. The van der Waals surface area contributed by atoms with E-state index in [2.05, 4.69) is 5.32 Å². The summed E-state index contributed by atoms with van der Waals surface area (Å²) in [5.74, 6) is 0.679. The molecule has 8 heteroatoms. The van der Waals surface area contributed by atoms with Gasteiger partial charge in [-0.25, -0.2) is 4.79 Å². The van der Waals surface area contributed by atoms with Crippen molar-refractivity contribution in [1.82, 2.24) is 0 Å². The Labute approximate surface area is 218 Å². The molecule has 0 fully saturated rings. The largest absolute Gasteiger partial charge is 0.495 e. The number of ketones is 1. The van der Waals surface area contributed by atoms with Crippen molar-refractivity contribution >= 4 is 35.1 Å². The molecule has 0 unspecified atom stereocenters. The lowest BCUT2D eigenvalue weighted by Gasteiger charge is -2.12. The second kappa shape index (κ2) is 12.6. The van der Waals surface area contributed by atoms with E-state index in [-0.39, 0.29) is 23.0 Å². The Kier molecular flexibility index (Phi) is 8.78. The highest BCUT2D eigenvalue weighted by Crippen LogP contribution is 2.26. The molecule has 7 nitrogen and oxygen atoms in total.